The van der Waals surface area contributed by atoms with Crippen LogP contribution in [0.2, 0.25) is 0 Å². The molecule has 0 bridgehead atoms. The molecule has 2 aromatic rings. The topological polar surface area (TPSA) is 226 Å². The van der Waals surface area contributed by atoms with Crippen molar-refractivity contribution in [3.8, 4) is 0 Å². The number of hydrogen-bond donors (Lipinski definition) is 0. The highest BCUT2D eigenvalue weighted by Gasteiger charge is 2.60. The van der Waals surface area contributed by atoms with E-state index in [0.717, 1.165) is 25.7 Å². The fourth-order valence-electron chi connectivity index (χ4n) is 7.35. The number of benzene rings is 2. The Hall–Kier alpha value is -4.97. The maximum Gasteiger partial charge on any atom is 0.509 e. The van der Waals surface area contributed by atoms with Gasteiger partial charge >= 0.3 is 30.4 Å². The Morgan fingerprint density at radius 3 is 1.78 bits per heavy atom. The standard InChI is InChI=1S/C52H72Cl3N3O15/c1-9-10-11-12-13-14-15-16-17-18-19-20-27-32-39(67-44(59)36-28-23-21-24-29-36)38(57-58-56)33-66-51(8)43(70-46(61)65-35-52(53,54)55)42(68-45(60)37-30-25-22-26-31-37)41(69-48(63)73-50(5,6)7)40(71-51)34-64-47(62)72-49(2,3)4/h21-32,38-43H,9-20,33-35H2,1-8H3/t38-,39+,40+,41-,42-,43+,51-/m0/s1. The lowest BCUT2D eigenvalue weighted by atomic mass is 9.92. The molecule has 0 amide bonds. The first kappa shape index (κ1) is 62.3. The van der Waals surface area contributed by atoms with E-state index in [1.54, 1.807) is 96.1 Å². The Morgan fingerprint density at radius 1 is 0.712 bits per heavy atom. The van der Waals surface area contributed by atoms with Crippen LogP contribution >= 0.6 is 34.8 Å². The van der Waals surface area contributed by atoms with E-state index in [9.17, 15) is 29.5 Å². The van der Waals surface area contributed by atoms with Gasteiger partial charge in [-0.25, -0.2) is 24.0 Å². The van der Waals surface area contributed by atoms with Crippen LogP contribution in [0.15, 0.2) is 77.9 Å². The van der Waals surface area contributed by atoms with Crippen LogP contribution in [0, 0.1) is 0 Å². The van der Waals surface area contributed by atoms with Crippen LogP contribution in [0.5, 0.6) is 0 Å². The highest BCUT2D eigenvalue weighted by Crippen LogP contribution is 2.39. The Labute approximate surface area is 443 Å². The van der Waals surface area contributed by atoms with E-state index in [-0.39, 0.29) is 11.1 Å². The lowest BCUT2D eigenvalue weighted by Gasteiger charge is -2.49. The minimum atomic E-state index is -2.35. The zero-order valence-electron chi connectivity index (χ0n) is 43.1. The third-order valence-corrected chi connectivity index (χ3v) is 11.1. The van der Waals surface area contributed by atoms with Crippen molar-refractivity contribution in [1.29, 1.82) is 0 Å². The Balaban J connectivity index is 2.09. The summed E-state index contributed by atoms with van der Waals surface area (Å²) in [7, 11) is 0. The predicted molar refractivity (Wildman–Crippen MR) is 273 cm³/mol. The molecular weight excluding hydrogens is 1010 g/mol. The van der Waals surface area contributed by atoms with E-state index in [1.165, 1.54) is 64.0 Å². The number of carbonyl (C=O) groups is 5. The lowest BCUT2D eigenvalue weighted by molar-refractivity contribution is -0.357. The van der Waals surface area contributed by atoms with E-state index in [4.69, 9.17) is 82.2 Å². The summed E-state index contributed by atoms with van der Waals surface area (Å²) in [6, 6.07) is 14.5. The van der Waals surface area contributed by atoms with Gasteiger partial charge in [-0.1, -0.05) is 154 Å². The van der Waals surface area contributed by atoms with Crippen molar-refractivity contribution >= 4 is 65.2 Å². The second-order valence-electron chi connectivity index (χ2n) is 19.5. The van der Waals surface area contributed by atoms with Crippen molar-refractivity contribution in [3.05, 3.63) is 94.4 Å². The van der Waals surface area contributed by atoms with E-state index < -0.39 is 108 Å². The number of halogens is 3. The summed E-state index contributed by atoms with van der Waals surface area (Å²) in [6.45, 7) is 10.8. The normalized spacial score (nSPS) is 19.9. The number of azide groups is 1. The first-order chi connectivity index (χ1) is 34.4. The molecule has 18 nitrogen and oxygen atoms in total. The zero-order chi connectivity index (χ0) is 54.1. The lowest BCUT2D eigenvalue weighted by Crippen LogP contribution is -2.68. The number of nitrogens with zero attached hydrogens (tertiary/aromatic N) is 3. The van der Waals surface area contributed by atoms with Crippen LogP contribution in [0.3, 0.4) is 0 Å². The van der Waals surface area contributed by atoms with Gasteiger partial charge in [0, 0.05) is 4.91 Å². The molecule has 0 aromatic heterocycles. The van der Waals surface area contributed by atoms with Crippen LogP contribution in [0.25, 0.3) is 10.4 Å². The Morgan fingerprint density at radius 2 is 1.25 bits per heavy atom. The van der Waals surface area contributed by atoms with E-state index in [0.29, 0.717) is 6.42 Å². The molecule has 7 atom stereocenters. The van der Waals surface area contributed by atoms with Gasteiger partial charge in [0.1, 0.15) is 42.7 Å². The summed E-state index contributed by atoms with van der Waals surface area (Å²) in [4.78, 5) is 70.7. The highest BCUT2D eigenvalue weighted by molar-refractivity contribution is 6.67. The summed E-state index contributed by atoms with van der Waals surface area (Å²) >= 11 is 17.7. The summed E-state index contributed by atoms with van der Waals surface area (Å²) in [6.07, 6.45) is 4.20. The van der Waals surface area contributed by atoms with Gasteiger partial charge in [0.15, 0.2) is 18.3 Å². The molecule has 21 heteroatoms. The number of unbranched alkanes of at least 4 members (excludes halogenated alkanes) is 11. The quantitative estimate of drug-likeness (QED) is 0.0118. The molecule has 0 saturated carbocycles. The average Bonchev–Trinajstić information content (AvgIpc) is 3.31. The van der Waals surface area contributed by atoms with Gasteiger partial charge < -0.3 is 47.4 Å². The number of alkyl halides is 3. The van der Waals surface area contributed by atoms with E-state index >= 15 is 0 Å². The molecule has 0 spiro atoms. The molecule has 0 aliphatic carbocycles. The monoisotopic (exact) mass is 1080 g/mol. The third kappa shape index (κ3) is 24.7. The van der Waals surface area contributed by atoms with Gasteiger partial charge in [-0.2, -0.15) is 0 Å². The minimum absolute atomic E-state index is 0.0122. The number of allylic oxidation sites excluding steroid dienone is 1. The maximum absolute atomic E-state index is 14.0. The van der Waals surface area contributed by atoms with Gasteiger partial charge in [-0.3, -0.25) is 0 Å². The van der Waals surface area contributed by atoms with Gasteiger partial charge in [0.05, 0.1) is 17.7 Å². The van der Waals surface area contributed by atoms with Gasteiger partial charge in [0.25, 0.3) is 0 Å². The van der Waals surface area contributed by atoms with Crippen molar-refractivity contribution in [2.24, 2.45) is 5.11 Å². The van der Waals surface area contributed by atoms with Gasteiger partial charge in [-0.05, 0) is 97.2 Å². The zero-order valence-corrected chi connectivity index (χ0v) is 45.4. The molecule has 2 aromatic carbocycles. The molecule has 0 radical (unpaired) electrons. The largest absolute Gasteiger partial charge is 0.509 e. The molecule has 1 aliphatic heterocycles. The van der Waals surface area contributed by atoms with Crippen LogP contribution < -0.4 is 0 Å². The van der Waals surface area contributed by atoms with Crippen molar-refractivity contribution in [1.82, 2.24) is 0 Å². The number of esters is 2. The minimum Gasteiger partial charge on any atom is -0.454 e. The number of rotatable bonds is 27. The molecule has 406 valence electrons. The number of hydrogen-bond acceptors (Lipinski definition) is 16. The second kappa shape index (κ2) is 31.0. The molecular formula is C52H72Cl3N3O15. The Bertz CT molecular complexity index is 2090. The van der Waals surface area contributed by atoms with E-state index in [2.05, 4.69) is 16.9 Å². The molecule has 1 aliphatic rings. The van der Waals surface area contributed by atoms with Crippen molar-refractivity contribution in [2.75, 3.05) is 19.8 Å². The van der Waals surface area contributed by atoms with Crippen LogP contribution in [0.1, 0.15) is 153 Å². The van der Waals surface area contributed by atoms with Crippen LogP contribution in [-0.2, 0) is 47.4 Å². The van der Waals surface area contributed by atoms with Crippen molar-refractivity contribution < 1.29 is 71.3 Å². The fourth-order valence-corrected chi connectivity index (χ4v) is 7.51. The van der Waals surface area contributed by atoms with Crippen LogP contribution in [0.4, 0.5) is 14.4 Å². The molecule has 0 unspecified atom stereocenters. The number of carbonyl (C=O) groups excluding carboxylic acids is 5. The van der Waals surface area contributed by atoms with Crippen molar-refractivity contribution in [3.63, 3.8) is 0 Å². The Kier molecular flexibility index (Phi) is 26.5. The third-order valence-electron chi connectivity index (χ3n) is 10.8. The summed E-state index contributed by atoms with van der Waals surface area (Å²) in [5.74, 6) is -4.10. The van der Waals surface area contributed by atoms with Gasteiger partial charge in [0.2, 0.25) is 9.58 Å². The fraction of sp³-hybridized carbons (Fsp3) is 0.635. The average molecular weight is 1090 g/mol. The molecule has 73 heavy (non-hydrogen) atoms. The summed E-state index contributed by atoms with van der Waals surface area (Å²) in [5, 5.41) is 3.96. The molecule has 1 saturated heterocycles. The highest BCUT2D eigenvalue weighted by atomic mass is 35.6. The first-order valence-electron chi connectivity index (χ1n) is 24.6. The van der Waals surface area contributed by atoms with Crippen LogP contribution in [-0.4, -0.2) is 108 Å². The SMILES string of the molecule is CCCCCCCCCCCCCC=C[C@@H](OC(=O)c1ccccc1)[C@H](CO[C@@]1(C)O[C@H](COC(=O)OC(C)(C)C)[C@H](OC(=O)OC(C)(C)C)[C@H](OC(=O)c2ccccc2)[C@H]1OC(=O)OCC(Cl)(Cl)Cl)N=[N+]=[N-]. The molecule has 0 N–H and O–H groups in total. The molecule has 1 heterocycles. The summed E-state index contributed by atoms with van der Waals surface area (Å²) in [5.41, 5.74) is 8.02. The van der Waals surface area contributed by atoms with Crippen molar-refractivity contribution in [2.45, 2.75) is 190 Å². The molecule has 3 rings (SSSR count). The second-order valence-corrected chi connectivity index (χ2v) is 22.0. The smallest absolute Gasteiger partial charge is 0.454 e. The van der Waals surface area contributed by atoms with E-state index in [1.807, 2.05) is 6.08 Å². The van der Waals surface area contributed by atoms with Gasteiger partial charge in [-0.15, -0.1) is 0 Å². The maximum atomic E-state index is 14.0. The first-order valence-corrected chi connectivity index (χ1v) is 25.8. The molecule has 1 fully saturated rings. The summed E-state index contributed by atoms with van der Waals surface area (Å²) < 4.78 is 55.8. The predicted octanol–water partition coefficient (Wildman–Crippen LogP) is 13.7. The number of ether oxygens (including phenoxy) is 10.